The molecule has 0 aliphatic rings. The fourth-order valence-electron chi connectivity index (χ4n) is 3.24. The Morgan fingerprint density at radius 3 is 2.35 bits per heavy atom. The normalized spacial score (nSPS) is 11.9. The number of nitrogens with two attached hydrogens (primary N) is 1. The van der Waals surface area contributed by atoms with E-state index in [4.69, 9.17) is 14.9 Å². The van der Waals surface area contributed by atoms with Crippen LogP contribution in [-0.2, 0) is 5.54 Å². The molecule has 0 amide bonds. The molecule has 2 aromatic heterocycles. The summed E-state index contributed by atoms with van der Waals surface area (Å²) in [4.78, 5) is 0. The summed E-state index contributed by atoms with van der Waals surface area (Å²) < 4.78 is 11.5. The van der Waals surface area contributed by atoms with Crippen LogP contribution in [-0.4, -0.2) is 40.2 Å². The van der Waals surface area contributed by atoms with Crippen molar-refractivity contribution in [1.29, 1.82) is 0 Å². The zero-order valence-electron chi connectivity index (χ0n) is 17.5. The summed E-state index contributed by atoms with van der Waals surface area (Å²) in [6, 6.07) is 13.4. The number of hydrogen-bond acceptors (Lipinski definition) is 8. The molecule has 0 aliphatic heterocycles. The number of rotatable bonds is 8. The molecule has 0 radical (unpaired) electrons. The maximum absolute atomic E-state index is 9.52. The van der Waals surface area contributed by atoms with Crippen molar-refractivity contribution < 1.29 is 19.4 Å². The summed E-state index contributed by atoms with van der Waals surface area (Å²) in [6.07, 6.45) is 0.968. The van der Waals surface area contributed by atoms with E-state index < -0.39 is 18.8 Å². The fourth-order valence-corrected chi connectivity index (χ4v) is 4.08. The molecule has 0 saturated carbocycles. The maximum atomic E-state index is 9.52. The molecule has 0 unspecified atom stereocenters. The van der Waals surface area contributed by atoms with Gasteiger partial charge in [-0.05, 0) is 61.4 Å². The van der Waals surface area contributed by atoms with Crippen LogP contribution in [0.1, 0.15) is 24.7 Å². The predicted molar refractivity (Wildman–Crippen MR) is 121 cm³/mol. The summed E-state index contributed by atoms with van der Waals surface area (Å²) in [6.45, 7) is 3.97. The van der Waals surface area contributed by atoms with Crippen molar-refractivity contribution in [1.82, 2.24) is 10.2 Å². The van der Waals surface area contributed by atoms with Crippen molar-refractivity contribution in [3.8, 4) is 26.9 Å². The highest BCUT2D eigenvalue weighted by atomic mass is 32.1. The van der Waals surface area contributed by atoms with E-state index in [0.717, 1.165) is 44.3 Å². The lowest BCUT2D eigenvalue weighted by Gasteiger charge is -2.21. The molecule has 0 aliphatic carbocycles. The first-order chi connectivity index (χ1) is 15.0. The summed E-state index contributed by atoms with van der Waals surface area (Å²) >= 11 is 1.50. The zero-order valence-corrected chi connectivity index (χ0v) is 18.3. The Labute approximate surface area is 184 Å². The molecule has 4 aromatic rings. The van der Waals surface area contributed by atoms with Crippen molar-refractivity contribution in [2.75, 3.05) is 19.8 Å². The number of aliphatic hydroxyl groups excluding tert-OH is 2. The second-order valence-corrected chi connectivity index (χ2v) is 8.55. The van der Waals surface area contributed by atoms with Crippen LogP contribution in [0.25, 0.3) is 32.1 Å². The van der Waals surface area contributed by atoms with Crippen LogP contribution in [0, 0.1) is 6.92 Å². The van der Waals surface area contributed by atoms with Gasteiger partial charge in [-0.1, -0.05) is 18.3 Å². The van der Waals surface area contributed by atoms with Crippen molar-refractivity contribution in [2.24, 2.45) is 5.73 Å². The second kappa shape index (κ2) is 8.76. The molecule has 0 fully saturated rings. The molecule has 7 nitrogen and oxygen atoms in total. The number of fused-ring (bicyclic) bond motifs is 1. The fraction of sp³-hybridized carbons (Fsp3) is 0.304. The molecular formula is C23H25N3O4S. The molecule has 0 spiro atoms. The average Bonchev–Trinajstić information content (AvgIpc) is 3.45. The Kier molecular flexibility index (Phi) is 6.06. The number of nitrogens with zero attached hydrogens (tertiary/aromatic N) is 2. The van der Waals surface area contributed by atoms with E-state index in [1.165, 1.54) is 11.3 Å². The van der Waals surface area contributed by atoms with Crippen LogP contribution < -0.4 is 10.5 Å². The van der Waals surface area contributed by atoms with Gasteiger partial charge in [-0.25, -0.2) is 0 Å². The van der Waals surface area contributed by atoms with E-state index in [1.807, 2.05) is 37.3 Å². The summed E-state index contributed by atoms with van der Waals surface area (Å²) in [5.74, 6) is 1.22. The summed E-state index contributed by atoms with van der Waals surface area (Å²) in [5.41, 5.74) is 8.29. The van der Waals surface area contributed by atoms with Gasteiger partial charge in [0.05, 0.1) is 19.8 Å². The lowest BCUT2D eigenvalue weighted by atomic mass is 10.00. The van der Waals surface area contributed by atoms with Crippen LogP contribution in [0.3, 0.4) is 0 Å². The van der Waals surface area contributed by atoms with Crippen LogP contribution in [0.5, 0.6) is 5.75 Å². The molecule has 4 rings (SSSR count). The van der Waals surface area contributed by atoms with Gasteiger partial charge in [0.2, 0.25) is 0 Å². The van der Waals surface area contributed by atoms with E-state index in [-0.39, 0.29) is 0 Å². The molecule has 0 saturated heterocycles. The number of ether oxygens (including phenoxy) is 1. The van der Waals surface area contributed by atoms with E-state index >= 15 is 0 Å². The first kappa shape index (κ1) is 21.5. The van der Waals surface area contributed by atoms with Crippen molar-refractivity contribution >= 4 is 22.3 Å². The quantitative estimate of drug-likeness (QED) is 0.382. The largest absolute Gasteiger partial charge is 0.493 e. The number of hydrogen-bond donors (Lipinski definition) is 3. The van der Waals surface area contributed by atoms with E-state index in [1.54, 1.807) is 6.07 Å². The third-order valence-corrected chi connectivity index (χ3v) is 6.15. The molecule has 162 valence electrons. The Balaban J connectivity index is 1.62. The van der Waals surface area contributed by atoms with Crippen LogP contribution in [0.2, 0.25) is 0 Å². The van der Waals surface area contributed by atoms with Gasteiger partial charge in [0.1, 0.15) is 32.6 Å². The Bertz CT molecular complexity index is 1200. The highest BCUT2D eigenvalue weighted by Crippen LogP contribution is 2.35. The van der Waals surface area contributed by atoms with Gasteiger partial charge in [-0.3, -0.25) is 0 Å². The number of benzene rings is 2. The minimum atomic E-state index is -1.32. The summed E-state index contributed by atoms with van der Waals surface area (Å²) in [5, 5.41) is 30.2. The minimum absolute atomic E-state index is 0.337. The van der Waals surface area contributed by atoms with Crippen LogP contribution in [0.4, 0.5) is 0 Å². The third kappa shape index (κ3) is 4.20. The minimum Gasteiger partial charge on any atom is -0.493 e. The van der Waals surface area contributed by atoms with Crippen molar-refractivity contribution in [2.45, 2.75) is 25.8 Å². The van der Waals surface area contributed by atoms with Crippen molar-refractivity contribution in [3.05, 3.63) is 53.8 Å². The molecule has 2 aromatic carbocycles. The topological polar surface area (TPSA) is 115 Å². The van der Waals surface area contributed by atoms with Crippen LogP contribution in [0.15, 0.2) is 46.9 Å². The highest BCUT2D eigenvalue weighted by Gasteiger charge is 2.30. The zero-order chi connectivity index (χ0) is 22.0. The lowest BCUT2D eigenvalue weighted by molar-refractivity contribution is 0.105. The third-order valence-electron chi connectivity index (χ3n) is 5.13. The Hall–Kier alpha value is -2.78. The van der Waals surface area contributed by atoms with Crippen LogP contribution >= 0.6 is 11.3 Å². The highest BCUT2D eigenvalue weighted by molar-refractivity contribution is 7.17. The van der Waals surface area contributed by atoms with Gasteiger partial charge >= 0.3 is 0 Å². The number of furan rings is 1. The second-order valence-electron chi connectivity index (χ2n) is 7.58. The van der Waals surface area contributed by atoms with Gasteiger partial charge in [0, 0.05) is 16.5 Å². The molecule has 31 heavy (non-hydrogen) atoms. The monoisotopic (exact) mass is 439 g/mol. The Morgan fingerprint density at radius 2 is 1.71 bits per heavy atom. The van der Waals surface area contributed by atoms with Crippen molar-refractivity contribution in [3.63, 3.8) is 0 Å². The predicted octanol–water partition coefficient (Wildman–Crippen LogP) is 3.85. The number of aryl methyl sites for hydroxylation is 1. The molecule has 4 N–H and O–H groups in total. The average molecular weight is 440 g/mol. The van der Waals surface area contributed by atoms with Gasteiger partial charge in [-0.2, -0.15) is 0 Å². The first-order valence-electron chi connectivity index (χ1n) is 10.1. The number of aliphatic hydroxyl groups is 2. The molecule has 0 atom stereocenters. The van der Waals surface area contributed by atoms with Gasteiger partial charge in [0.25, 0.3) is 0 Å². The lowest BCUT2D eigenvalue weighted by Crippen LogP contribution is -2.43. The smallest absolute Gasteiger partial charge is 0.148 e. The molecule has 0 bridgehead atoms. The molecule has 8 heteroatoms. The van der Waals surface area contributed by atoms with E-state index in [2.05, 4.69) is 23.2 Å². The van der Waals surface area contributed by atoms with E-state index in [0.29, 0.717) is 18.0 Å². The number of aromatic nitrogens is 2. The Morgan fingerprint density at radius 1 is 1.03 bits per heavy atom. The van der Waals surface area contributed by atoms with Gasteiger partial charge in [-0.15, -0.1) is 10.2 Å². The standard InChI is InChI=1S/C23H25N3O4S/c1-3-8-29-18-6-4-15(9-14(18)2)21-25-26-22(31-21)16-5-7-19-17(10-16)11-20(30-19)23(24,12-27)13-28/h4-7,9-11,27-28H,3,8,12-13,24H2,1-2H3. The van der Waals surface area contributed by atoms with Gasteiger partial charge in [0.15, 0.2) is 0 Å². The SMILES string of the molecule is CCCOc1ccc(-c2nnc(-c3ccc4oc(C(N)(CO)CO)cc4c3)s2)cc1C. The van der Waals surface area contributed by atoms with E-state index in [9.17, 15) is 10.2 Å². The van der Waals surface area contributed by atoms with Gasteiger partial charge < -0.3 is 25.1 Å². The molecular weight excluding hydrogens is 414 g/mol. The first-order valence-corrected chi connectivity index (χ1v) is 10.9. The summed E-state index contributed by atoms with van der Waals surface area (Å²) in [7, 11) is 0. The maximum Gasteiger partial charge on any atom is 0.148 e. The molecule has 2 heterocycles.